The summed E-state index contributed by atoms with van der Waals surface area (Å²) in [6, 6.07) is 7.18. The minimum Gasteiger partial charge on any atom is -0.480 e. The Bertz CT molecular complexity index is 677. The van der Waals surface area contributed by atoms with Crippen LogP contribution in [0.25, 0.3) is 0 Å². The predicted molar refractivity (Wildman–Crippen MR) is 83.3 cm³/mol. The van der Waals surface area contributed by atoms with Crippen molar-refractivity contribution >= 4 is 33.4 Å². The van der Waals surface area contributed by atoms with Crippen LogP contribution in [0, 0.1) is 0 Å². The fraction of sp³-hybridized carbons (Fsp3) is 0.154. The summed E-state index contributed by atoms with van der Waals surface area (Å²) in [5.41, 5.74) is 6.99. The van der Waals surface area contributed by atoms with Crippen molar-refractivity contribution in [2.45, 2.75) is 0 Å². The van der Waals surface area contributed by atoms with Crippen molar-refractivity contribution < 1.29 is 9.94 Å². The lowest BCUT2D eigenvalue weighted by molar-refractivity contribution is 0.318. The molecule has 7 nitrogen and oxygen atoms in total. The van der Waals surface area contributed by atoms with Crippen LogP contribution in [0.2, 0.25) is 0 Å². The van der Waals surface area contributed by atoms with E-state index < -0.39 is 0 Å². The fourth-order valence-corrected chi connectivity index (χ4v) is 2.05. The van der Waals surface area contributed by atoms with Gasteiger partial charge in [-0.2, -0.15) is 4.98 Å². The van der Waals surface area contributed by atoms with Crippen LogP contribution < -0.4 is 15.4 Å². The van der Waals surface area contributed by atoms with E-state index in [4.69, 9.17) is 15.7 Å². The summed E-state index contributed by atoms with van der Waals surface area (Å²) in [6.45, 7) is 0. The van der Waals surface area contributed by atoms with Gasteiger partial charge in [-0.05, 0) is 28.1 Å². The molecule has 0 saturated carbocycles. The molecule has 0 aliphatic carbocycles. The van der Waals surface area contributed by atoms with E-state index >= 15 is 0 Å². The van der Waals surface area contributed by atoms with Gasteiger partial charge in [0, 0.05) is 18.3 Å². The third-order valence-electron chi connectivity index (χ3n) is 2.83. The van der Waals surface area contributed by atoms with Crippen LogP contribution in [0.4, 0.5) is 11.6 Å². The Kier molecular flexibility index (Phi) is 4.59. The van der Waals surface area contributed by atoms with E-state index in [0.717, 1.165) is 5.69 Å². The van der Waals surface area contributed by atoms with Crippen LogP contribution in [-0.2, 0) is 0 Å². The van der Waals surface area contributed by atoms with Crippen LogP contribution in [0.1, 0.15) is 5.56 Å². The maximum absolute atomic E-state index is 8.74. The molecule has 2 rings (SSSR count). The van der Waals surface area contributed by atoms with Crippen molar-refractivity contribution in [1.82, 2.24) is 9.97 Å². The quantitative estimate of drug-likeness (QED) is 0.379. The molecule has 0 atom stereocenters. The number of aromatic nitrogens is 2. The molecule has 1 aromatic heterocycles. The van der Waals surface area contributed by atoms with E-state index in [2.05, 4.69) is 31.1 Å². The van der Waals surface area contributed by atoms with Crippen molar-refractivity contribution in [2.24, 2.45) is 10.9 Å². The zero-order valence-corrected chi connectivity index (χ0v) is 13.1. The monoisotopic (exact) mass is 351 g/mol. The van der Waals surface area contributed by atoms with Gasteiger partial charge < -0.3 is 20.6 Å². The molecule has 1 heterocycles. The first-order chi connectivity index (χ1) is 10.1. The minimum absolute atomic E-state index is 0.0413. The zero-order chi connectivity index (χ0) is 15.4. The van der Waals surface area contributed by atoms with Gasteiger partial charge in [0.2, 0.25) is 11.8 Å². The molecule has 2 aromatic rings. The lowest BCUT2D eigenvalue weighted by Gasteiger charge is -2.18. The average molecular weight is 352 g/mol. The third-order valence-corrected chi connectivity index (χ3v) is 3.37. The standard InChI is InChI=1S/C13H14BrN5O2/c1-19(13-16-7-10(14)12(17-13)21-2)9-5-3-4-8(6-9)11(15)18-20/h3-7,20H,1-2H3,(H2,15,18). The Morgan fingerprint density at radius 2 is 2.24 bits per heavy atom. The van der Waals surface area contributed by atoms with Crippen LogP contribution in [0.15, 0.2) is 40.1 Å². The number of hydrogen-bond donors (Lipinski definition) is 2. The highest BCUT2D eigenvalue weighted by atomic mass is 79.9. The van der Waals surface area contributed by atoms with Crippen LogP contribution in [-0.4, -0.2) is 35.2 Å². The second-order valence-corrected chi connectivity index (χ2v) is 4.98. The number of rotatable bonds is 4. The summed E-state index contributed by atoms with van der Waals surface area (Å²) in [5.74, 6) is 0.950. The van der Waals surface area contributed by atoms with Crippen molar-refractivity contribution in [1.29, 1.82) is 0 Å². The van der Waals surface area contributed by atoms with Gasteiger partial charge in [-0.3, -0.25) is 0 Å². The van der Waals surface area contributed by atoms with Crippen LogP contribution in [0.5, 0.6) is 5.88 Å². The maximum atomic E-state index is 8.74. The molecule has 0 spiro atoms. The van der Waals surface area contributed by atoms with E-state index in [1.807, 2.05) is 13.1 Å². The van der Waals surface area contributed by atoms with Gasteiger partial charge in [-0.15, -0.1) is 0 Å². The van der Waals surface area contributed by atoms with Crippen LogP contribution in [0.3, 0.4) is 0 Å². The predicted octanol–water partition coefficient (Wildman–Crippen LogP) is 2.11. The molecule has 21 heavy (non-hydrogen) atoms. The highest BCUT2D eigenvalue weighted by molar-refractivity contribution is 9.10. The number of benzene rings is 1. The number of nitrogens with two attached hydrogens (primary N) is 1. The fourth-order valence-electron chi connectivity index (χ4n) is 1.69. The Balaban J connectivity index is 2.38. The van der Waals surface area contributed by atoms with Crippen molar-refractivity contribution in [3.63, 3.8) is 0 Å². The van der Waals surface area contributed by atoms with E-state index in [0.29, 0.717) is 21.9 Å². The number of halogens is 1. The zero-order valence-electron chi connectivity index (χ0n) is 11.5. The van der Waals surface area contributed by atoms with E-state index in [9.17, 15) is 0 Å². The lowest BCUT2D eigenvalue weighted by atomic mass is 10.2. The van der Waals surface area contributed by atoms with E-state index in [1.165, 1.54) is 7.11 Å². The lowest BCUT2D eigenvalue weighted by Crippen LogP contribution is -2.16. The van der Waals surface area contributed by atoms with Gasteiger partial charge in [0.15, 0.2) is 5.84 Å². The molecule has 8 heteroatoms. The molecule has 0 saturated heterocycles. The van der Waals surface area contributed by atoms with Crippen LogP contribution >= 0.6 is 15.9 Å². The summed E-state index contributed by atoms with van der Waals surface area (Å²) in [6.07, 6.45) is 1.62. The molecule has 0 unspecified atom stereocenters. The summed E-state index contributed by atoms with van der Waals surface area (Å²) in [4.78, 5) is 10.3. The third kappa shape index (κ3) is 3.22. The molecule has 1 aromatic carbocycles. The Morgan fingerprint density at radius 3 is 2.90 bits per heavy atom. The number of anilines is 2. The summed E-state index contributed by atoms with van der Waals surface area (Å²) < 4.78 is 5.83. The van der Waals surface area contributed by atoms with Gasteiger partial charge in [0.05, 0.1) is 17.8 Å². The summed E-state index contributed by atoms with van der Waals surface area (Å²) in [5, 5.41) is 11.7. The smallest absolute Gasteiger partial charge is 0.232 e. The highest BCUT2D eigenvalue weighted by Gasteiger charge is 2.12. The maximum Gasteiger partial charge on any atom is 0.232 e. The molecule has 0 aliphatic rings. The van der Waals surface area contributed by atoms with Crippen molar-refractivity contribution in [2.75, 3.05) is 19.1 Å². The molecular weight excluding hydrogens is 338 g/mol. The molecular formula is C13H14BrN5O2. The topological polar surface area (TPSA) is 96.9 Å². The second-order valence-electron chi connectivity index (χ2n) is 4.12. The summed E-state index contributed by atoms with van der Waals surface area (Å²) >= 11 is 3.31. The molecule has 0 radical (unpaired) electrons. The van der Waals surface area contributed by atoms with Gasteiger partial charge in [0.25, 0.3) is 0 Å². The number of oxime groups is 1. The number of hydrogen-bond acceptors (Lipinski definition) is 6. The first kappa shape index (κ1) is 15.0. The number of ether oxygens (including phenoxy) is 1. The molecule has 110 valence electrons. The number of methoxy groups -OCH3 is 1. The second kappa shape index (κ2) is 6.40. The van der Waals surface area contributed by atoms with Gasteiger partial charge in [-0.1, -0.05) is 17.3 Å². The first-order valence-electron chi connectivity index (χ1n) is 5.95. The van der Waals surface area contributed by atoms with E-state index in [1.54, 1.807) is 29.3 Å². The van der Waals surface area contributed by atoms with Crippen molar-refractivity contribution in [3.05, 3.63) is 40.5 Å². The first-order valence-corrected chi connectivity index (χ1v) is 6.74. The molecule has 0 bridgehead atoms. The van der Waals surface area contributed by atoms with Gasteiger partial charge >= 0.3 is 0 Å². The number of nitrogens with zero attached hydrogens (tertiary/aromatic N) is 4. The van der Waals surface area contributed by atoms with E-state index in [-0.39, 0.29) is 5.84 Å². The number of amidine groups is 1. The molecule has 3 N–H and O–H groups in total. The largest absolute Gasteiger partial charge is 0.480 e. The molecule has 0 amide bonds. The van der Waals surface area contributed by atoms with Gasteiger partial charge in [-0.25, -0.2) is 4.98 Å². The normalized spacial score (nSPS) is 11.3. The van der Waals surface area contributed by atoms with Crippen molar-refractivity contribution in [3.8, 4) is 5.88 Å². The molecule has 0 aliphatic heterocycles. The average Bonchev–Trinajstić information content (AvgIpc) is 2.54. The highest BCUT2D eigenvalue weighted by Crippen LogP contribution is 2.26. The Labute approximate surface area is 130 Å². The van der Waals surface area contributed by atoms with Gasteiger partial charge in [0.1, 0.15) is 0 Å². The SMILES string of the molecule is COc1nc(N(C)c2cccc(/C(N)=N/O)c2)ncc1Br. The minimum atomic E-state index is 0.0413. The molecule has 0 fully saturated rings. The Hall–Kier alpha value is -2.35. The Morgan fingerprint density at radius 1 is 1.48 bits per heavy atom. The summed E-state index contributed by atoms with van der Waals surface area (Å²) in [7, 11) is 3.35.